The van der Waals surface area contributed by atoms with Gasteiger partial charge in [-0.1, -0.05) is 6.07 Å². The lowest BCUT2D eigenvalue weighted by Crippen LogP contribution is -2.23. The van der Waals surface area contributed by atoms with Gasteiger partial charge in [0.25, 0.3) is 5.78 Å². The normalized spacial score (nSPS) is 16.0. The number of Topliss-reactive ketones (excluding diaryl/α,β-unsaturated/α-hetero) is 1. The van der Waals surface area contributed by atoms with Crippen LogP contribution in [-0.2, 0) is 0 Å². The summed E-state index contributed by atoms with van der Waals surface area (Å²) in [7, 11) is 0. The van der Waals surface area contributed by atoms with Crippen LogP contribution < -0.4 is 0 Å². The third kappa shape index (κ3) is 2.01. The van der Waals surface area contributed by atoms with Gasteiger partial charge in [-0.05, 0) is 31.4 Å². The van der Waals surface area contributed by atoms with Crippen LogP contribution in [0, 0.1) is 6.92 Å². The Morgan fingerprint density at radius 3 is 2.63 bits per heavy atom. The minimum absolute atomic E-state index is 0.170. The Bertz CT molecular complexity index is 668. The molecule has 0 amide bonds. The van der Waals surface area contributed by atoms with Crippen molar-refractivity contribution < 1.29 is 18.0 Å². The van der Waals surface area contributed by atoms with Crippen molar-refractivity contribution in [3.05, 3.63) is 35.4 Å². The number of hydrogen-bond donors (Lipinski definition) is 0. The summed E-state index contributed by atoms with van der Waals surface area (Å²) in [6, 6.07) is 3.20. The van der Waals surface area contributed by atoms with Gasteiger partial charge >= 0.3 is 6.18 Å². The molecule has 6 heteroatoms. The van der Waals surface area contributed by atoms with Crippen LogP contribution in [0.2, 0.25) is 0 Å². The van der Waals surface area contributed by atoms with Gasteiger partial charge in [0.05, 0.1) is 5.52 Å². The molecule has 0 saturated heterocycles. The highest BCUT2D eigenvalue weighted by molar-refractivity contribution is 6.04. The Kier molecular flexibility index (Phi) is 2.45. The third-order valence-electron chi connectivity index (χ3n) is 3.23. The number of hydrogen-bond acceptors (Lipinski definition) is 2. The number of aromatic nitrogens is 2. The van der Waals surface area contributed by atoms with Gasteiger partial charge in [0.15, 0.2) is 0 Å². The van der Waals surface area contributed by atoms with Gasteiger partial charge in [-0.2, -0.15) is 13.2 Å². The maximum Gasteiger partial charge on any atom is 0.456 e. The highest BCUT2D eigenvalue weighted by atomic mass is 19.4. The molecule has 0 aromatic carbocycles. The van der Waals surface area contributed by atoms with Crippen LogP contribution in [-0.4, -0.2) is 21.3 Å². The molecule has 0 atom stereocenters. The zero-order valence-corrected chi connectivity index (χ0v) is 10.2. The first-order chi connectivity index (χ1) is 8.88. The number of alkyl halides is 3. The summed E-state index contributed by atoms with van der Waals surface area (Å²) in [5, 5.41) is 0. The van der Waals surface area contributed by atoms with E-state index in [-0.39, 0.29) is 11.4 Å². The van der Waals surface area contributed by atoms with Crippen molar-refractivity contribution in [2.75, 3.05) is 0 Å². The SMILES string of the molecule is Cc1ccc2c(C(=O)C(F)(F)F)nc(C3CC3)n2c1. The molecule has 0 N–H and O–H groups in total. The number of carbonyl (C=O) groups is 1. The lowest BCUT2D eigenvalue weighted by molar-refractivity contribution is -0.0887. The van der Waals surface area contributed by atoms with Crippen LogP contribution >= 0.6 is 0 Å². The lowest BCUT2D eigenvalue weighted by Gasteiger charge is -2.03. The largest absolute Gasteiger partial charge is 0.456 e. The Morgan fingerprint density at radius 2 is 2.05 bits per heavy atom. The van der Waals surface area contributed by atoms with Crippen LogP contribution in [0.15, 0.2) is 18.3 Å². The van der Waals surface area contributed by atoms with Gasteiger partial charge in [-0.3, -0.25) is 4.79 Å². The fourth-order valence-electron chi connectivity index (χ4n) is 2.15. The molecule has 19 heavy (non-hydrogen) atoms. The summed E-state index contributed by atoms with van der Waals surface area (Å²) >= 11 is 0. The highest BCUT2D eigenvalue weighted by Crippen LogP contribution is 2.40. The van der Waals surface area contributed by atoms with Crippen molar-refractivity contribution in [1.82, 2.24) is 9.38 Å². The average Bonchev–Trinajstić information content (AvgIpc) is 3.09. The second kappa shape index (κ2) is 3.82. The van der Waals surface area contributed by atoms with Crippen LogP contribution in [0.4, 0.5) is 13.2 Å². The quantitative estimate of drug-likeness (QED) is 0.783. The van der Waals surface area contributed by atoms with Crippen LogP contribution in [0.25, 0.3) is 5.52 Å². The zero-order valence-electron chi connectivity index (χ0n) is 10.2. The molecule has 0 bridgehead atoms. The van der Waals surface area contributed by atoms with E-state index >= 15 is 0 Å². The molecule has 3 rings (SSSR count). The Hall–Kier alpha value is -1.85. The third-order valence-corrected chi connectivity index (χ3v) is 3.23. The van der Waals surface area contributed by atoms with E-state index in [1.807, 2.05) is 6.92 Å². The summed E-state index contributed by atoms with van der Waals surface area (Å²) in [5.41, 5.74) is 0.655. The molecular weight excluding hydrogens is 257 g/mol. The number of pyridine rings is 1. The van der Waals surface area contributed by atoms with E-state index in [9.17, 15) is 18.0 Å². The number of fused-ring (bicyclic) bond motifs is 1. The first-order valence-corrected chi connectivity index (χ1v) is 5.98. The molecule has 1 aliphatic rings. The molecule has 0 aliphatic heterocycles. The summed E-state index contributed by atoms with van der Waals surface area (Å²) in [6.45, 7) is 1.85. The minimum Gasteiger partial charge on any atom is -0.302 e. The van der Waals surface area contributed by atoms with Gasteiger partial charge in [-0.25, -0.2) is 4.98 Å². The predicted molar refractivity (Wildman–Crippen MR) is 62.3 cm³/mol. The van der Waals surface area contributed by atoms with E-state index in [1.54, 1.807) is 16.7 Å². The number of ketones is 1. The number of rotatable bonds is 2. The van der Waals surface area contributed by atoms with E-state index in [4.69, 9.17) is 0 Å². The van der Waals surface area contributed by atoms with E-state index in [2.05, 4.69) is 4.98 Å². The van der Waals surface area contributed by atoms with E-state index in [0.717, 1.165) is 18.4 Å². The van der Waals surface area contributed by atoms with E-state index in [0.29, 0.717) is 5.82 Å². The minimum atomic E-state index is -4.89. The average molecular weight is 268 g/mol. The number of imidazole rings is 1. The standard InChI is InChI=1S/C13H11F3N2O/c1-7-2-5-9-10(11(19)13(14,15)16)17-12(8-3-4-8)18(9)6-7/h2,5-6,8H,3-4H2,1H3. The molecule has 2 heterocycles. The topological polar surface area (TPSA) is 34.4 Å². The molecule has 100 valence electrons. The lowest BCUT2D eigenvalue weighted by atomic mass is 10.2. The first-order valence-electron chi connectivity index (χ1n) is 5.98. The van der Waals surface area contributed by atoms with Crippen molar-refractivity contribution in [3.8, 4) is 0 Å². The summed E-state index contributed by atoms with van der Waals surface area (Å²) < 4.78 is 39.3. The summed E-state index contributed by atoms with van der Waals surface area (Å²) in [4.78, 5) is 15.4. The summed E-state index contributed by atoms with van der Waals surface area (Å²) in [6.07, 6.45) is -1.34. The number of nitrogens with zero attached hydrogens (tertiary/aromatic N) is 2. The molecule has 0 spiro atoms. The monoisotopic (exact) mass is 268 g/mol. The maximum absolute atomic E-state index is 12.6. The van der Waals surface area contributed by atoms with Crippen LogP contribution in [0.3, 0.4) is 0 Å². The molecule has 0 unspecified atom stereocenters. The van der Waals surface area contributed by atoms with Crippen LogP contribution in [0.5, 0.6) is 0 Å². The van der Waals surface area contributed by atoms with Gasteiger partial charge in [0.2, 0.25) is 0 Å². The van der Waals surface area contributed by atoms with Crippen molar-refractivity contribution in [3.63, 3.8) is 0 Å². The molecular formula is C13H11F3N2O. The Labute approximate surface area is 107 Å². The van der Waals surface area contributed by atoms with Gasteiger partial charge in [-0.15, -0.1) is 0 Å². The molecule has 1 aliphatic carbocycles. The Morgan fingerprint density at radius 1 is 1.37 bits per heavy atom. The van der Waals surface area contributed by atoms with Crippen molar-refractivity contribution in [2.45, 2.75) is 31.9 Å². The predicted octanol–water partition coefficient (Wildman–Crippen LogP) is 3.27. The van der Waals surface area contributed by atoms with E-state index < -0.39 is 17.7 Å². The second-order valence-corrected chi connectivity index (χ2v) is 4.88. The maximum atomic E-state index is 12.6. The fraction of sp³-hybridized carbons (Fsp3) is 0.385. The molecule has 3 nitrogen and oxygen atoms in total. The van der Waals surface area contributed by atoms with Gasteiger partial charge in [0, 0.05) is 12.1 Å². The number of aryl methyl sites for hydroxylation is 1. The zero-order chi connectivity index (χ0) is 13.8. The smallest absolute Gasteiger partial charge is 0.302 e. The van der Waals surface area contributed by atoms with Gasteiger partial charge < -0.3 is 4.40 Å². The van der Waals surface area contributed by atoms with E-state index in [1.165, 1.54) is 6.07 Å². The summed E-state index contributed by atoms with van der Waals surface area (Å²) in [5.74, 6) is -1.14. The highest BCUT2D eigenvalue weighted by Gasteiger charge is 2.43. The molecule has 0 radical (unpaired) electrons. The van der Waals surface area contributed by atoms with Crippen molar-refractivity contribution >= 4 is 11.3 Å². The number of carbonyl (C=O) groups excluding carboxylic acids is 1. The van der Waals surface area contributed by atoms with Crippen LogP contribution in [0.1, 0.15) is 40.6 Å². The van der Waals surface area contributed by atoms with Crippen molar-refractivity contribution in [2.24, 2.45) is 0 Å². The van der Waals surface area contributed by atoms with Crippen molar-refractivity contribution in [1.29, 1.82) is 0 Å². The second-order valence-electron chi connectivity index (χ2n) is 4.88. The Balaban J connectivity index is 2.23. The molecule has 1 fully saturated rings. The fourth-order valence-corrected chi connectivity index (χ4v) is 2.15. The molecule has 2 aromatic heterocycles. The molecule has 2 aromatic rings. The number of halogens is 3. The molecule has 1 saturated carbocycles. The van der Waals surface area contributed by atoms with Gasteiger partial charge in [0.1, 0.15) is 11.5 Å². The first kappa shape index (κ1) is 12.2.